The van der Waals surface area contributed by atoms with E-state index >= 15 is 4.79 Å². The van der Waals surface area contributed by atoms with E-state index in [0.29, 0.717) is 18.4 Å². The number of piperidine rings is 1. The number of likely N-dealkylation sites (N-methyl/N-ethyl adjacent to an activating group) is 1. The van der Waals surface area contributed by atoms with Crippen molar-refractivity contribution in [3.05, 3.63) is 97.1 Å². The Kier molecular flexibility index (Phi) is 20.1. The van der Waals surface area contributed by atoms with E-state index in [2.05, 4.69) is 29.1 Å². The Hall–Kier alpha value is -6.76. The lowest BCUT2D eigenvalue weighted by molar-refractivity contribution is -0.160. The number of benzene rings is 2. The highest BCUT2D eigenvalue weighted by molar-refractivity contribution is 5.96. The molecule has 2 aliphatic rings. The zero-order valence-corrected chi connectivity index (χ0v) is 39.7. The Labute approximate surface area is 397 Å². The number of carbonyl (C=O) groups excluding carboxylic acids is 8. The van der Waals surface area contributed by atoms with Crippen LogP contribution < -0.4 is 16.0 Å². The lowest BCUT2D eigenvalue weighted by atomic mass is 9.95. The fourth-order valence-corrected chi connectivity index (χ4v) is 7.93. The molecule has 0 aromatic heterocycles. The SMILES string of the molecule is C=CCOC(=O)N[C@H](CC)C(=O)N1CCC[C@H]1C(=O)N(C)[C@@H](Cc1ccccc1)C(=O)N1CC[C@H](O)C[C@H]1C(=O)N[C@H](C(=O)O[C@H](C)[C@H](NC(=O)OC(C)(C)C)C(=O)OCC=C)c1ccccc1. The van der Waals surface area contributed by atoms with Crippen LogP contribution in [-0.2, 0) is 54.1 Å². The van der Waals surface area contributed by atoms with Gasteiger partial charge in [0.25, 0.3) is 0 Å². The third-order valence-corrected chi connectivity index (χ3v) is 11.4. The molecular formula is C49H66N6O13. The minimum Gasteiger partial charge on any atom is -0.460 e. The molecule has 8 atom stereocenters. The third kappa shape index (κ3) is 15.1. The molecule has 6 amide bonds. The van der Waals surface area contributed by atoms with Gasteiger partial charge in [0.1, 0.15) is 49.1 Å². The van der Waals surface area contributed by atoms with Gasteiger partial charge in [-0.05, 0) is 64.5 Å². The van der Waals surface area contributed by atoms with E-state index < -0.39 is 102 Å². The summed E-state index contributed by atoms with van der Waals surface area (Å²) in [6, 6.07) is 9.45. The van der Waals surface area contributed by atoms with E-state index in [-0.39, 0.29) is 57.6 Å². The van der Waals surface area contributed by atoms with Crippen LogP contribution in [0.4, 0.5) is 9.59 Å². The minimum atomic E-state index is -1.55. The van der Waals surface area contributed by atoms with Crippen molar-refractivity contribution in [1.82, 2.24) is 30.7 Å². The van der Waals surface area contributed by atoms with Gasteiger partial charge in [0, 0.05) is 33.0 Å². The smallest absolute Gasteiger partial charge is 0.408 e. The highest BCUT2D eigenvalue weighted by Gasteiger charge is 2.45. The van der Waals surface area contributed by atoms with Crippen molar-refractivity contribution >= 4 is 47.8 Å². The number of esters is 2. The van der Waals surface area contributed by atoms with Crippen LogP contribution in [0.2, 0.25) is 0 Å². The van der Waals surface area contributed by atoms with E-state index in [1.807, 2.05) is 0 Å². The Morgan fingerprint density at radius 1 is 0.809 bits per heavy atom. The number of aliphatic hydroxyl groups excluding tert-OH is 1. The van der Waals surface area contributed by atoms with Crippen molar-refractivity contribution < 1.29 is 62.4 Å². The van der Waals surface area contributed by atoms with E-state index in [4.69, 9.17) is 18.9 Å². The molecule has 2 aromatic rings. The molecule has 0 bridgehead atoms. The molecule has 68 heavy (non-hydrogen) atoms. The van der Waals surface area contributed by atoms with Crippen molar-refractivity contribution in [1.29, 1.82) is 0 Å². The first-order valence-corrected chi connectivity index (χ1v) is 22.8. The van der Waals surface area contributed by atoms with Crippen molar-refractivity contribution in [2.24, 2.45) is 0 Å². The monoisotopic (exact) mass is 946 g/mol. The molecule has 2 aliphatic heterocycles. The third-order valence-electron chi connectivity index (χ3n) is 11.4. The number of rotatable bonds is 20. The Morgan fingerprint density at radius 3 is 2.04 bits per heavy atom. The van der Waals surface area contributed by atoms with Gasteiger partial charge < -0.3 is 54.7 Å². The van der Waals surface area contributed by atoms with E-state index in [1.54, 1.807) is 88.4 Å². The minimum absolute atomic E-state index is 0.0227. The molecular weight excluding hydrogens is 881 g/mol. The van der Waals surface area contributed by atoms with Crippen molar-refractivity contribution in [2.45, 2.75) is 127 Å². The molecule has 2 saturated heterocycles. The van der Waals surface area contributed by atoms with Gasteiger partial charge in [-0.2, -0.15) is 0 Å². The zero-order valence-electron chi connectivity index (χ0n) is 39.7. The highest BCUT2D eigenvalue weighted by Crippen LogP contribution is 2.27. The summed E-state index contributed by atoms with van der Waals surface area (Å²) in [4.78, 5) is 114. The van der Waals surface area contributed by atoms with Gasteiger partial charge >= 0.3 is 24.1 Å². The summed E-state index contributed by atoms with van der Waals surface area (Å²) in [7, 11) is 1.46. The van der Waals surface area contributed by atoms with Crippen LogP contribution >= 0.6 is 0 Å². The molecule has 0 unspecified atom stereocenters. The molecule has 2 fully saturated rings. The first-order valence-electron chi connectivity index (χ1n) is 22.8. The molecule has 0 spiro atoms. The lowest BCUT2D eigenvalue weighted by Gasteiger charge is -2.41. The number of hydrogen-bond acceptors (Lipinski definition) is 13. The quantitative estimate of drug-likeness (QED) is 0.0846. The van der Waals surface area contributed by atoms with Crippen molar-refractivity contribution in [3.63, 3.8) is 0 Å². The number of alkyl carbamates (subject to hydrolysis) is 2. The van der Waals surface area contributed by atoms with Crippen LogP contribution in [-0.4, -0.2) is 149 Å². The van der Waals surface area contributed by atoms with Crippen molar-refractivity contribution in [3.8, 4) is 0 Å². The summed E-state index contributed by atoms with van der Waals surface area (Å²) in [6.45, 7) is 14.9. The van der Waals surface area contributed by atoms with Gasteiger partial charge in [-0.1, -0.05) is 92.9 Å². The van der Waals surface area contributed by atoms with Gasteiger partial charge in [-0.3, -0.25) is 19.2 Å². The van der Waals surface area contributed by atoms with Crippen LogP contribution in [0.15, 0.2) is 86.0 Å². The number of amides is 6. The number of aliphatic hydroxyl groups is 1. The topological polar surface area (TPSA) is 240 Å². The van der Waals surface area contributed by atoms with Gasteiger partial charge in [0.15, 0.2) is 12.1 Å². The first-order chi connectivity index (χ1) is 32.3. The maximum atomic E-state index is 15.0. The second kappa shape index (κ2) is 25.4. The molecule has 0 radical (unpaired) electrons. The number of nitrogens with one attached hydrogen (secondary N) is 3. The molecule has 4 rings (SSSR count). The highest BCUT2D eigenvalue weighted by atomic mass is 16.6. The second-order valence-corrected chi connectivity index (χ2v) is 17.6. The van der Waals surface area contributed by atoms with Crippen molar-refractivity contribution in [2.75, 3.05) is 33.4 Å². The van der Waals surface area contributed by atoms with Gasteiger partial charge in [-0.25, -0.2) is 19.2 Å². The maximum absolute atomic E-state index is 15.0. The predicted molar refractivity (Wildman–Crippen MR) is 248 cm³/mol. The summed E-state index contributed by atoms with van der Waals surface area (Å²) in [6.07, 6.45) is -0.571. The van der Waals surface area contributed by atoms with Gasteiger partial charge in [0.2, 0.25) is 23.6 Å². The summed E-state index contributed by atoms with van der Waals surface area (Å²) in [5, 5.41) is 18.6. The van der Waals surface area contributed by atoms with Crippen LogP contribution in [0.1, 0.15) is 83.9 Å². The molecule has 370 valence electrons. The summed E-state index contributed by atoms with van der Waals surface area (Å²) in [5.74, 6) is -4.44. The van der Waals surface area contributed by atoms with Gasteiger partial charge in [-0.15, -0.1) is 0 Å². The number of hydrogen-bond donors (Lipinski definition) is 4. The van der Waals surface area contributed by atoms with Crippen LogP contribution in [0, 0.1) is 0 Å². The molecule has 0 saturated carbocycles. The molecule has 19 heteroatoms. The van der Waals surface area contributed by atoms with E-state index in [9.17, 15) is 38.7 Å². The Morgan fingerprint density at radius 2 is 1.43 bits per heavy atom. The maximum Gasteiger partial charge on any atom is 0.408 e. The fraction of sp³-hybridized carbons (Fsp3) is 0.510. The molecule has 4 N–H and O–H groups in total. The van der Waals surface area contributed by atoms with Crippen LogP contribution in [0.5, 0.6) is 0 Å². The molecule has 2 aromatic carbocycles. The normalized spacial score (nSPS) is 19.1. The summed E-state index contributed by atoms with van der Waals surface area (Å²) in [5.41, 5.74) is 0.0376. The predicted octanol–water partition coefficient (Wildman–Crippen LogP) is 3.50. The van der Waals surface area contributed by atoms with E-state index in [0.717, 1.165) is 0 Å². The lowest BCUT2D eigenvalue weighted by Crippen LogP contribution is -2.61. The summed E-state index contributed by atoms with van der Waals surface area (Å²) >= 11 is 0. The average molecular weight is 947 g/mol. The number of likely N-dealkylation sites (tertiary alicyclic amines) is 2. The number of carbonyl (C=O) groups is 8. The zero-order chi connectivity index (χ0) is 50.1. The first kappa shape index (κ1) is 53.9. The Balaban J connectivity index is 1.63. The van der Waals surface area contributed by atoms with Crippen LogP contribution in [0.3, 0.4) is 0 Å². The molecule has 2 heterocycles. The average Bonchev–Trinajstić information content (AvgIpc) is 3.81. The second-order valence-electron chi connectivity index (χ2n) is 17.6. The van der Waals surface area contributed by atoms with E-state index in [1.165, 1.54) is 40.8 Å². The molecule has 0 aliphatic carbocycles. The molecule has 19 nitrogen and oxygen atoms in total. The van der Waals surface area contributed by atoms with Gasteiger partial charge in [0.05, 0.1) is 6.10 Å². The largest absolute Gasteiger partial charge is 0.460 e. The number of nitrogens with zero attached hydrogens (tertiary/aromatic N) is 3. The van der Waals surface area contributed by atoms with Crippen LogP contribution in [0.25, 0.3) is 0 Å². The Bertz CT molecular complexity index is 2100. The fourth-order valence-electron chi connectivity index (χ4n) is 7.93. The standard InChI is InChI=1S/C49H66N6O13/c1-9-27-65-45(61)39(52-48(64)68-49(5,6)7)31(4)67-46(62)40(33-21-16-13-17-22-33)51-41(57)37-30-34(56)24-26-55(37)44(60)38(29-32-19-14-12-15-20-32)53(8)43(59)36-23-18-25-54(36)42(58)35(11-3)50-47(63)66-28-10-2/h9-10,12-17,19-22,31,34-40,56H,1-2,11,18,23-30H2,3-8H3,(H,50,63)(H,51,57)(H,52,64)/t31-,34+,35-,36+,37+,38+,39+,40+/m1/s1. The summed E-state index contributed by atoms with van der Waals surface area (Å²) < 4.78 is 21.3. The number of ether oxygens (including phenoxy) is 4.